The van der Waals surface area contributed by atoms with Crippen molar-refractivity contribution in [2.45, 2.75) is 58.0 Å². The molecule has 3 aromatic carbocycles. The van der Waals surface area contributed by atoms with Crippen LogP contribution in [0.25, 0.3) is 0 Å². The molecule has 0 radical (unpaired) electrons. The molecule has 40 heavy (non-hydrogen) atoms. The maximum Gasteiger partial charge on any atom is 0.303 e. The number of ether oxygens (including phenoxy) is 2. The van der Waals surface area contributed by atoms with Crippen molar-refractivity contribution in [2.75, 3.05) is 13.6 Å². The fourth-order valence-electron chi connectivity index (χ4n) is 4.90. The molecule has 1 heterocycles. The van der Waals surface area contributed by atoms with E-state index in [2.05, 4.69) is 36.3 Å². The molecule has 0 bridgehead atoms. The van der Waals surface area contributed by atoms with Gasteiger partial charge in [-0.1, -0.05) is 85.8 Å². The zero-order valence-electron chi connectivity index (χ0n) is 23.0. The summed E-state index contributed by atoms with van der Waals surface area (Å²) in [4.78, 5) is 24.8. The number of nitrogens with zero attached hydrogens (tertiary/aromatic N) is 1. The third-order valence-corrected chi connectivity index (χ3v) is 7.22. The van der Waals surface area contributed by atoms with Crippen molar-refractivity contribution in [3.8, 4) is 0 Å². The largest absolute Gasteiger partial charge is 0.481 e. The SMILES string of the molecule is CC1C(CN(C)Cc2ccccc2)OC(c2ccc(CNC(=O)CCC(=O)O)cc2)OC1c1ccc(CO)cc1. The minimum Gasteiger partial charge on any atom is -0.481 e. The van der Waals surface area contributed by atoms with Crippen molar-refractivity contribution in [1.82, 2.24) is 10.2 Å². The number of aliphatic hydroxyl groups is 1. The van der Waals surface area contributed by atoms with E-state index in [0.717, 1.165) is 35.3 Å². The predicted molar refractivity (Wildman–Crippen MR) is 151 cm³/mol. The Bertz CT molecular complexity index is 1230. The molecule has 3 aromatic rings. The summed E-state index contributed by atoms with van der Waals surface area (Å²) in [6.45, 7) is 3.99. The van der Waals surface area contributed by atoms with E-state index < -0.39 is 12.3 Å². The van der Waals surface area contributed by atoms with E-state index in [0.29, 0.717) is 6.54 Å². The Hall–Kier alpha value is -3.56. The van der Waals surface area contributed by atoms with Gasteiger partial charge in [-0.15, -0.1) is 0 Å². The monoisotopic (exact) mass is 546 g/mol. The van der Waals surface area contributed by atoms with Crippen molar-refractivity contribution in [2.24, 2.45) is 5.92 Å². The van der Waals surface area contributed by atoms with E-state index >= 15 is 0 Å². The molecular formula is C32H38N2O6. The molecule has 8 heteroatoms. The van der Waals surface area contributed by atoms with Crippen molar-refractivity contribution < 1.29 is 29.3 Å². The molecule has 1 saturated heterocycles. The lowest BCUT2D eigenvalue weighted by Crippen LogP contribution is -2.43. The molecule has 0 aliphatic carbocycles. The van der Waals surface area contributed by atoms with E-state index in [1.54, 1.807) is 0 Å². The lowest BCUT2D eigenvalue weighted by atomic mass is 9.90. The van der Waals surface area contributed by atoms with E-state index in [1.807, 2.05) is 66.7 Å². The van der Waals surface area contributed by atoms with E-state index in [1.165, 1.54) is 5.56 Å². The summed E-state index contributed by atoms with van der Waals surface area (Å²) in [6, 6.07) is 25.9. The van der Waals surface area contributed by atoms with Gasteiger partial charge in [0.2, 0.25) is 5.91 Å². The van der Waals surface area contributed by atoms with Crippen LogP contribution in [-0.2, 0) is 38.8 Å². The Balaban J connectivity index is 1.47. The molecule has 212 valence electrons. The Kier molecular flexibility index (Phi) is 10.4. The maximum absolute atomic E-state index is 11.9. The van der Waals surface area contributed by atoms with Gasteiger partial charge in [-0.3, -0.25) is 14.5 Å². The van der Waals surface area contributed by atoms with E-state index in [-0.39, 0.29) is 43.5 Å². The standard InChI is InChI=1S/C32H38N2O6/c1-22-28(20-34(2)19-24-6-4-3-5-7-24)39-32(40-31(22)26-12-10-25(21-35)11-13-26)27-14-8-23(9-15-27)18-33-29(36)16-17-30(37)38/h3-15,22,28,31-32,35H,16-21H2,1-2H3,(H,33,36)(H,37,38). The lowest BCUT2D eigenvalue weighted by molar-refractivity contribution is -0.276. The highest BCUT2D eigenvalue weighted by atomic mass is 16.7. The summed E-state index contributed by atoms with van der Waals surface area (Å²) in [6.07, 6.45) is -1.10. The topological polar surface area (TPSA) is 108 Å². The van der Waals surface area contributed by atoms with Crippen LogP contribution in [-0.4, -0.2) is 46.7 Å². The number of likely N-dealkylation sites (N-methyl/N-ethyl adjacent to an activating group) is 1. The molecule has 1 aliphatic heterocycles. The Morgan fingerprint density at radius 2 is 1.50 bits per heavy atom. The van der Waals surface area contributed by atoms with Crippen LogP contribution in [0.15, 0.2) is 78.9 Å². The summed E-state index contributed by atoms with van der Waals surface area (Å²) in [5.74, 6) is -1.21. The van der Waals surface area contributed by atoms with Crippen LogP contribution in [0.4, 0.5) is 0 Å². The smallest absolute Gasteiger partial charge is 0.303 e. The van der Waals surface area contributed by atoms with Gasteiger partial charge in [0, 0.05) is 37.5 Å². The average molecular weight is 547 g/mol. The van der Waals surface area contributed by atoms with Gasteiger partial charge in [-0.05, 0) is 29.3 Å². The molecule has 4 rings (SSSR count). The number of carbonyl (C=O) groups excluding carboxylic acids is 1. The quantitative estimate of drug-likeness (QED) is 0.305. The van der Waals surface area contributed by atoms with Crippen molar-refractivity contribution >= 4 is 11.9 Å². The van der Waals surface area contributed by atoms with Gasteiger partial charge in [0.1, 0.15) is 0 Å². The molecule has 0 saturated carbocycles. The molecule has 1 amide bonds. The zero-order chi connectivity index (χ0) is 28.5. The summed E-state index contributed by atoms with van der Waals surface area (Å²) in [7, 11) is 2.10. The zero-order valence-corrected chi connectivity index (χ0v) is 23.0. The molecule has 0 spiro atoms. The molecule has 1 fully saturated rings. The number of amides is 1. The number of benzene rings is 3. The fraction of sp³-hybridized carbons (Fsp3) is 0.375. The number of hydrogen-bond donors (Lipinski definition) is 3. The molecule has 0 aromatic heterocycles. The summed E-state index contributed by atoms with van der Waals surface area (Å²) in [5, 5.41) is 21.0. The first-order valence-corrected chi connectivity index (χ1v) is 13.6. The van der Waals surface area contributed by atoms with Gasteiger partial charge in [0.05, 0.1) is 25.2 Å². The van der Waals surface area contributed by atoms with Gasteiger partial charge >= 0.3 is 5.97 Å². The first-order chi connectivity index (χ1) is 19.3. The van der Waals surface area contributed by atoms with Crippen molar-refractivity contribution in [3.05, 3.63) is 107 Å². The highest BCUT2D eigenvalue weighted by molar-refractivity contribution is 5.80. The van der Waals surface area contributed by atoms with Gasteiger partial charge in [0.25, 0.3) is 0 Å². The summed E-state index contributed by atoms with van der Waals surface area (Å²) >= 11 is 0. The third-order valence-electron chi connectivity index (χ3n) is 7.22. The Morgan fingerprint density at radius 1 is 0.850 bits per heavy atom. The highest BCUT2D eigenvalue weighted by Gasteiger charge is 2.38. The van der Waals surface area contributed by atoms with Gasteiger partial charge in [-0.2, -0.15) is 0 Å². The Labute approximate surface area is 235 Å². The Morgan fingerprint density at radius 3 is 2.15 bits per heavy atom. The van der Waals surface area contributed by atoms with Crippen LogP contribution < -0.4 is 5.32 Å². The van der Waals surface area contributed by atoms with Crippen LogP contribution in [0.2, 0.25) is 0 Å². The number of hydrogen-bond acceptors (Lipinski definition) is 6. The number of carboxylic acids is 1. The molecule has 4 atom stereocenters. The molecule has 1 aliphatic rings. The molecule has 3 N–H and O–H groups in total. The second-order valence-corrected chi connectivity index (χ2v) is 10.4. The van der Waals surface area contributed by atoms with E-state index in [9.17, 15) is 14.7 Å². The molecule has 4 unspecified atom stereocenters. The number of rotatable bonds is 12. The lowest BCUT2D eigenvalue weighted by Gasteiger charge is -2.42. The normalized spacial score (nSPS) is 20.8. The highest BCUT2D eigenvalue weighted by Crippen LogP contribution is 2.41. The summed E-state index contributed by atoms with van der Waals surface area (Å²) in [5.41, 5.74) is 4.90. The second-order valence-electron chi connectivity index (χ2n) is 10.4. The van der Waals surface area contributed by atoms with E-state index in [4.69, 9.17) is 14.6 Å². The number of carbonyl (C=O) groups is 2. The minimum atomic E-state index is -0.992. The van der Waals surface area contributed by atoms with Gasteiger partial charge in [-0.25, -0.2) is 0 Å². The predicted octanol–water partition coefficient (Wildman–Crippen LogP) is 4.58. The maximum atomic E-state index is 11.9. The first kappa shape index (κ1) is 29.4. The number of carboxylic acid groups (broad SMARTS) is 1. The second kappa shape index (κ2) is 14.2. The minimum absolute atomic E-state index is 0.00758. The van der Waals surface area contributed by atoms with Crippen molar-refractivity contribution in [3.63, 3.8) is 0 Å². The summed E-state index contributed by atoms with van der Waals surface area (Å²) < 4.78 is 13.1. The molecular weight excluding hydrogens is 508 g/mol. The average Bonchev–Trinajstić information content (AvgIpc) is 2.97. The van der Waals surface area contributed by atoms with Gasteiger partial charge in [0.15, 0.2) is 6.29 Å². The molecule has 8 nitrogen and oxygen atoms in total. The number of aliphatic hydroxyl groups excluding tert-OH is 1. The number of nitrogens with one attached hydrogen (secondary N) is 1. The van der Waals surface area contributed by atoms with Crippen LogP contribution in [0.1, 0.15) is 60.0 Å². The number of aliphatic carboxylic acids is 1. The van der Waals surface area contributed by atoms with Crippen LogP contribution >= 0.6 is 0 Å². The van der Waals surface area contributed by atoms with Crippen LogP contribution in [0.3, 0.4) is 0 Å². The first-order valence-electron chi connectivity index (χ1n) is 13.6. The van der Waals surface area contributed by atoms with Gasteiger partial charge < -0.3 is 25.0 Å². The van der Waals surface area contributed by atoms with Crippen LogP contribution in [0.5, 0.6) is 0 Å². The fourth-order valence-corrected chi connectivity index (χ4v) is 4.90. The van der Waals surface area contributed by atoms with Crippen LogP contribution in [0, 0.1) is 5.92 Å². The third kappa shape index (κ3) is 8.22. The van der Waals surface area contributed by atoms with Crippen molar-refractivity contribution in [1.29, 1.82) is 0 Å².